The van der Waals surface area contributed by atoms with Gasteiger partial charge in [-0.3, -0.25) is 0 Å². The Kier molecular flexibility index (Phi) is 6.16. The van der Waals surface area contributed by atoms with Crippen molar-refractivity contribution in [3.05, 3.63) is 0 Å². The molecule has 0 saturated heterocycles. The van der Waals surface area contributed by atoms with Crippen LogP contribution in [-0.2, 0) is 0 Å². The Bertz CT molecular complexity index is 143. The van der Waals surface area contributed by atoms with Crippen LogP contribution in [-0.4, -0.2) is 8.80 Å². The van der Waals surface area contributed by atoms with Gasteiger partial charge in [0.25, 0.3) is 0 Å². The summed E-state index contributed by atoms with van der Waals surface area (Å²) in [5.41, 5.74) is 1.10. The van der Waals surface area contributed by atoms with E-state index in [-0.39, 0.29) is 0 Å². The molecule has 92 valence electrons. The lowest BCUT2D eigenvalue weighted by Crippen LogP contribution is -2.25. The molecule has 0 rings (SSSR count). The monoisotopic (exact) mass is 228 g/mol. The molecule has 0 bridgehead atoms. The maximum Gasteiger partial charge on any atom is 0.0378 e. The maximum atomic E-state index is 2.40. The fourth-order valence-corrected chi connectivity index (χ4v) is 7.50. The Labute approximate surface area is 99.5 Å². The predicted molar refractivity (Wildman–Crippen MR) is 75.4 cm³/mol. The van der Waals surface area contributed by atoms with E-state index in [1.54, 1.807) is 6.04 Å². The van der Waals surface area contributed by atoms with Gasteiger partial charge in [-0.1, -0.05) is 79.4 Å². The van der Waals surface area contributed by atoms with Crippen LogP contribution in [0.25, 0.3) is 0 Å². The minimum absolute atomic E-state index is 0.501. The smallest absolute Gasteiger partial charge is 0.0378 e. The van der Waals surface area contributed by atoms with Gasteiger partial charge in [-0.15, -0.1) is 0 Å². The summed E-state index contributed by atoms with van der Waals surface area (Å²) in [7, 11) is -0.501. The van der Waals surface area contributed by atoms with Crippen molar-refractivity contribution in [2.24, 2.45) is 10.8 Å². The molecular weight excluding hydrogens is 196 g/mol. The molecule has 0 aromatic heterocycles. The highest BCUT2D eigenvalue weighted by molar-refractivity contribution is 6.59. The molecule has 0 N–H and O–H groups in total. The van der Waals surface area contributed by atoms with Crippen LogP contribution in [0.3, 0.4) is 0 Å². The molecule has 0 aliphatic carbocycles. The third-order valence-corrected chi connectivity index (χ3v) is 7.60. The molecule has 0 aromatic rings. The van der Waals surface area contributed by atoms with Gasteiger partial charge >= 0.3 is 0 Å². The second-order valence-corrected chi connectivity index (χ2v) is 10.7. The molecule has 0 spiro atoms. The fourth-order valence-electron chi connectivity index (χ4n) is 2.50. The quantitative estimate of drug-likeness (QED) is 0.574. The first-order valence-corrected chi connectivity index (χ1v) is 9.09. The average Bonchev–Trinajstić information content (AvgIpc) is 1.94. The molecule has 0 heterocycles. The average molecular weight is 228 g/mol. The van der Waals surface area contributed by atoms with Crippen LogP contribution in [0.2, 0.25) is 18.1 Å². The molecule has 0 radical (unpaired) electrons. The number of rotatable bonds is 5. The molecule has 0 aliphatic heterocycles. The van der Waals surface area contributed by atoms with E-state index < -0.39 is 8.80 Å². The van der Waals surface area contributed by atoms with Crippen molar-refractivity contribution in [1.82, 2.24) is 0 Å². The zero-order valence-electron chi connectivity index (χ0n) is 12.1. The molecule has 0 saturated carbocycles. The van der Waals surface area contributed by atoms with Gasteiger partial charge < -0.3 is 0 Å². The van der Waals surface area contributed by atoms with E-state index in [1.165, 1.54) is 24.9 Å². The maximum absolute atomic E-state index is 2.40. The fraction of sp³-hybridized carbons (Fsp3) is 1.00. The van der Waals surface area contributed by atoms with Gasteiger partial charge in [0, 0.05) is 8.80 Å². The van der Waals surface area contributed by atoms with Gasteiger partial charge in [0.1, 0.15) is 0 Å². The lowest BCUT2D eigenvalue weighted by molar-refractivity contribution is 0.437. The highest BCUT2D eigenvalue weighted by Gasteiger charge is 2.24. The molecule has 1 heteroatoms. The van der Waals surface area contributed by atoms with Crippen LogP contribution in [0.15, 0.2) is 0 Å². The van der Waals surface area contributed by atoms with E-state index in [4.69, 9.17) is 0 Å². The molecule has 0 fully saturated rings. The molecule has 0 unspecified atom stereocenters. The topological polar surface area (TPSA) is 0 Å². The Balaban J connectivity index is 4.19. The van der Waals surface area contributed by atoms with Gasteiger partial charge in [-0.25, -0.2) is 0 Å². The highest BCUT2D eigenvalue weighted by atomic mass is 28.3. The first-order chi connectivity index (χ1) is 6.64. The van der Waals surface area contributed by atoms with Crippen LogP contribution < -0.4 is 0 Å². The summed E-state index contributed by atoms with van der Waals surface area (Å²) in [4.78, 5) is 0. The molecule has 0 aromatic carbocycles. The predicted octanol–water partition coefficient (Wildman–Crippen LogP) is 5.11. The van der Waals surface area contributed by atoms with Gasteiger partial charge in [-0.2, -0.15) is 0 Å². The SMILES string of the molecule is CCCC[SiH](CC(C)(C)C)CC(C)(C)C. The first kappa shape index (κ1) is 15.2. The van der Waals surface area contributed by atoms with Gasteiger partial charge in [0.15, 0.2) is 0 Å². The third-order valence-electron chi connectivity index (χ3n) is 2.77. The van der Waals surface area contributed by atoms with E-state index in [0.717, 1.165) is 0 Å². The third kappa shape index (κ3) is 10.5. The van der Waals surface area contributed by atoms with Crippen LogP contribution in [0.4, 0.5) is 0 Å². The zero-order chi connectivity index (χ0) is 12.1. The van der Waals surface area contributed by atoms with Gasteiger partial charge in [0.05, 0.1) is 0 Å². The van der Waals surface area contributed by atoms with Gasteiger partial charge in [0.2, 0.25) is 0 Å². The molecular formula is C14H32Si. The largest absolute Gasteiger partial charge is 0.0654 e. The van der Waals surface area contributed by atoms with Crippen LogP contribution in [0.5, 0.6) is 0 Å². The summed E-state index contributed by atoms with van der Waals surface area (Å²) in [6.45, 7) is 16.7. The minimum atomic E-state index is -0.501. The van der Waals surface area contributed by atoms with E-state index in [9.17, 15) is 0 Å². The van der Waals surface area contributed by atoms with Crippen LogP contribution in [0, 0.1) is 10.8 Å². The summed E-state index contributed by atoms with van der Waals surface area (Å²) in [6.07, 6.45) is 2.83. The summed E-state index contributed by atoms with van der Waals surface area (Å²) in [5.74, 6) is 0. The normalized spacial score (nSPS) is 13.6. The number of hydrogen-bond donors (Lipinski definition) is 0. The van der Waals surface area contributed by atoms with Gasteiger partial charge in [-0.05, 0) is 10.8 Å². The molecule has 0 nitrogen and oxygen atoms in total. The molecule has 0 amide bonds. The Hall–Kier alpha value is 0.217. The highest BCUT2D eigenvalue weighted by Crippen LogP contribution is 2.31. The van der Waals surface area contributed by atoms with Crippen LogP contribution in [0.1, 0.15) is 61.3 Å². The second-order valence-electron chi connectivity index (χ2n) is 7.54. The number of hydrogen-bond acceptors (Lipinski definition) is 0. The Morgan fingerprint density at radius 2 is 1.20 bits per heavy atom. The van der Waals surface area contributed by atoms with E-state index in [2.05, 4.69) is 48.5 Å². The summed E-state index contributed by atoms with van der Waals surface area (Å²) in [6, 6.07) is 4.60. The van der Waals surface area contributed by atoms with Crippen molar-refractivity contribution in [2.45, 2.75) is 79.4 Å². The van der Waals surface area contributed by atoms with Crippen LogP contribution >= 0.6 is 0 Å². The van der Waals surface area contributed by atoms with E-state index in [1.807, 2.05) is 0 Å². The van der Waals surface area contributed by atoms with Crippen molar-refractivity contribution in [3.63, 3.8) is 0 Å². The summed E-state index contributed by atoms with van der Waals surface area (Å²) in [5, 5.41) is 0. The van der Waals surface area contributed by atoms with Crippen molar-refractivity contribution in [1.29, 1.82) is 0 Å². The van der Waals surface area contributed by atoms with Crippen molar-refractivity contribution < 1.29 is 0 Å². The Morgan fingerprint density at radius 1 is 0.800 bits per heavy atom. The van der Waals surface area contributed by atoms with Crippen molar-refractivity contribution >= 4 is 8.80 Å². The van der Waals surface area contributed by atoms with Crippen molar-refractivity contribution in [2.75, 3.05) is 0 Å². The van der Waals surface area contributed by atoms with E-state index in [0.29, 0.717) is 10.8 Å². The first-order valence-electron chi connectivity index (χ1n) is 6.64. The van der Waals surface area contributed by atoms with E-state index >= 15 is 0 Å². The summed E-state index contributed by atoms with van der Waals surface area (Å²) >= 11 is 0. The second kappa shape index (κ2) is 6.08. The molecule has 15 heavy (non-hydrogen) atoms. The minimum Gasteiger partial charge on any atom is -0.0654 e. The molecule has 0 atom stereocenters. The van der Waals surface area contributed by atoms with Crippen molar-refractivity contribution in [3.8, 4) is 0 Å². The number of unbranched alkanes of at least 4 members (excludes halogenated alkanes) is 1. The lowest BCUT2D eigenvalue weighted by Gasteiger charge is -2.30. The molecule has 0 aliphatic rings. The zero-order valence-corrected chi connectivity index (χ0v) is 13.3. The lowest BCUT2D eigenvalue weighted by atomic mass is 10.00. The summed E-state index contributed by atoms with van der Waals surface area (Å²) < 4.78 is 0. The Morgan fingerprint density at radius 3 is 1.47 bits per heavy atom. The standard InChI is InChI=1S/C14H32Si/c1-8-9-10-15(11-13(2,3)4)12-14(5,6)7/h15H,8-12H2,1-7H3.